The molecule has 0 fully saturated rings. The van der Waals surface area contributed by atoms with Gasteiger partial charge in [-0.1, -0.05) is 123 Å². The molecule has 8 aromatic rings. The van der Waals surface area contributed by atoms with Gasteiger partial charge in [0, 0.05) is 40.1 Å². The van der Waals surface area contributed by atoms with Gasteiger partial charge in [0.25, 0.3) is 0 Å². The molecule has 2 heterocycles. The van der Waals surface area contributed by atoms with Gasteiger partial charge in [0.05, 0.1) is 23.0 Å². The Morgan fingerprint density at radius 1 is 0.453 bits per heavy atom. The summed E-state index contributed by atoms with van der Waals surface area (Å²) in [5.74, 6) is 0.673. The van der Waals surface area contributed by atoms with Crippen LogP contribution < -0.4 is 0 Å². The van der Waals surface area contributed by atoms with E-state index in [1.165, 1.54) is 22.3 Å². The average molecular weight is 679 g/mol. The maximum atomic E-state index is 9.63. The third-order valence-corrected chi connectivity index (χ3v) is 10.4. The summed E-state index contributed by atoms with van der Waals surface area (Å²) in [7, 11) is 0. The Kier molecular flexibility index (Phi) is 7.83. The summed E-state index contributed by atoms with van der Waals surface area (Å²) in [6, 6.07) is 57.2. The summed E-state index contributed by atoms with van der Waals surface area (Å²) in [6.45, 7) is 4.54. The van der Waals surface area contributed by atoms with Gasteiger partial charge in [0.15, 0.2) is 5.82 Å². The largest absolute Gasteiger partial charge is 0.264 e. The monoisotopic (exact) mass is 678 g/mol. The van der Waals surface area contributed by atoms with E-state index in [0.29, 0.717) is 11.4 Å². The highest BCUT2D eigenvalue weighted by atomic mass is 14.9. The number of benzene rings is 6. The van der Waals surface area contributed by atoms with Crippen molar-refractivity contribution in [3.05, 3.63) is 187 Å². The molecule has 0 unspecified atom stereocenters. The molecular weight excluding hydrogens is 645 g/mol. The molecule has 1 aliphatic carbocycles. The Balaban J connectivity index is 1.20. The first kappa shape index (κ1) is 32.0. The van der Waals surface area contributed by atoms with Gasteiger partial charge < -0.3 is 0 Å². The summed E-state index contributed by atoms with van der Waals surface area (Å²) >= 11 is 0. The van der Waals surface area contributed by atoms with Crippen molar-refractivity contribution in [2.24, 2.45) is 0 Å². The van der Waals surface area contributed by atoms with Crippen molar-refractivity contribution >= 4 is 0 Å². The Morgan fingerprint density at radius 3 is 1.75 bits per heavy atom. The minimum Gasteiger partial charge on any atom is -0.264 e. The third kappa shape index (κ3) is 5.89. The lowest BCUT2D eigenvalue weighted by Gasteiger charge is -2.22. The highest BCUT2D eigenvalue weighted by molar-refractivity contribution is 5.87. The van der Waals surface area contributed by atoms with Crippen molar-refractivity contribution in [3.63, 3.8) is 0 Å². The first-order valence-corrected chi connectivity index (χ1v) is 17.8. The first-order chi connectivity index (χ1) is 25.9. The van der Waals surface area contributed by atoms with Crippen molar-refractivity contribution < 1.29 is 0 Å². The molecular formula is C49H34N4. The van der Waals surface area contributed by atoms with Crippen LogP contribution >= 0.6 is 0 Å². The van der Waals surface area contributed by atoms with E-state index < -0.39 is 0 Å². The van der Waals surface area contributed by atoms with E-state index in [9.17, 15) is 5.26 Å². The molecule has 0 saturated carbocycles. The Labute approximate surface area is 309 Å². The number of fused-ring (bicyclic) bond motifs is 3. The number of hydrogen-bond acceptors (Lipinski definition) is 4. The Bertz CT molecular complexity index is 2670. The molecule has 0 saturated heterocycles. The summed E-state index contributed by atoms with van der Waals surface area (Å²) in [5.41, 5.74) is 16.6. The van der Waals surface area contributed by atoms with Crippen LogP contribution in [0, 0.1) is 11.3 Å². The minimum absolute atomic E-state index is 0.208. The van der Waals surface area contributed by atoms with Crippen molar-refractivity contribution in [1.82, 2.24) is 15.0 Å². The van der Waals surface area contributed by atoms with E-state index in [1.54, 1.807) is 6.20 Å². The van der Waals surface area contributed by atoms with Gasteiger partial charge in [-0.2, -0.15) is 5.26 Å². The maximum absolute atomic E-state index is 9.63. The zero-order valence-electron chi connectivity index (χ0n) is 29.5. The van der Waals surface area contributed by atoms with E-state index in [-0.39, 0.29) is 5.41 Å². The van der Waals surface area contributed by atoms with Gasteiger partial charge >= 0.3 is 0 Å². The lowest BCUT2D eigenvalue weighted by molar-refractivity contribution is 0.660. The third-order valence-electron chi connectivity index (χ3n) is 10.4. The molecule has 0 bridgehead atoms. The molecule has 6 aromatic carbocycles. The van der Waals surface area contributed by atoms with E-state index in [4.69, 9.17) is 9.97 Å². The average Bonchev–Trinajstić information content (AvgIpc) is 3.46. The number of aromatic nitrogens is 3. The van der Waals surface area contributed by atoms with Crippen LogP contribution in [0.2, 0.25) is 0 Å². The van der Waals surface area contributed by atoms with E-state index in [0.717, 1.165) is 61.5 Å². The number of pyridine rings is 1. The minimum atomic E-state index is -0.208. The van der Waals surface area contributed by atoms with Crippen LogP contribution in [0.1, 0.15) is 30.5 Å². The smallest absolute Gasteiger partial charge is 0.160 e. The SMILES string of the molecule is CC1(C)c2ccc(C#N)cc2-c2ccc(-c3cc(-c4cccnc4)cc(-c4cc(-c5ccc(-c6ccccc6)cc5)nc(-c5ccccc5)n4)c3)cc21. The first-order valence-electron chi connectivity index (χ1n) is 17.8. The maximum Gasteiger partial charge on any atom is 0.160 e. The Morgan fingerprint density at radius 2 is 1.06 bits per heavy atom. The molecule has 0 radical (unpaired) electrons. The number of rotatable bonds is 6. The van der Waals surface area contributed by atoms with Crippen molar-refractivity contribution in [2.45, 2.75) is 19.3 Å². The fourth-order valence-corrected chi connectivity index (χ4v) is 7.57. The van der Waals surface area contributed by atoms with Crippen LogP contribution in [0.15, 0.2) is 170 Å². The molecule has 1 aliphatic rings. The van der Waals surface area contributed by atoms with Gasteiger partial charge in [0.1, 0.15) is 0 Å². The van der Waals surface area contributed by atoms with Gasteiger partial charge in [-0.25, -0.2) is 9.97 Å². The molecule has 0 atom stereocenters. The van der Waals surface area contributed by atoms with Crippen LogP contribution in [0.4, 0.5) is 0 Å². The zero-order chi connectivity index (χ0) is 35.9. The summed E-state index contributed by atoms with van der Waals surface area (Å²) in [6.07, 6.45) is 3.71. The predicted molar refractivity (Wildman–Crippen MR) is 215 cm³/mol. The predicted octanol–water partition coefficient (Wildman–Crippen LogP) is 12.1. The molecule has 2 aromatic heterocycles. The van der Waals surface area contributed by atoms with Crippen molar-refractivity contribution in [1.29, 1.82) is 5.26 Å². The molecule has 53 heavy (non-hydrogen) atoms. The van der Waals surface area contributed by atoms with Gasteiger partial charge in [0.2, 0.25) is 0 Å². The molecule has 4 nitrogen and oxygen atoms in total. The van der Waals surface area contributed by atoms with E-state index >= 15 is 0 Å². The van der Waals surface area contributed by atoms with E-state index in [2.05, 4.69) is 140 Å². The van der Waals surface area contributed by atoms with E-state index in [1.807, 2.05) is 48.7 Å². The number of nitrogens with zero attached hydrogens (tertiary/aromatic N) is 4. The van der Waals surface area contributed by atoms with Gasteiger partial charge in [-0.15, -0.1) is 0 Å². The highest BCUT2D eigenvalue weighted by Crippen LogP contribution is 2.50. The molecule has 4 heteroatoms. The topological polar surface area (TPSA) is 62.5 Å². The number of nitriles is 1. The highest BCUT2D eigenvalue weighted by Gasteiger charge is 2.35. The van der Waals surface area contributed by atoms with Gasteiger partial charge in [-0.05, 0) is 98.6 Å². The summed E-state index contributed by atoms with van der Waals surface area (Å²) in [5, 5.41) is 9.63. The fourth-order valence-electron chi connectivity index (χ4n) is 7.57. The van der Waals surface area contributed by atoms with Crippen LogP contribution in [0.3, 0.4) is 0 Å². The Hall–Kier alpha value is -6.96. The lowest BCUT2D eigenvalue weighted by Crippen LogP contribution is -2.15. The molecule has 0 N–H and O–H groups in total. The second-order valence-corrected chi connectivity index (χ2v) is 14.1. The summed E-state index contributed by atoms with van der Waals surface area (Å²) < 4.78 is 0. The molecule has 0 spiro atoms. The standard InChI is InChI=1S/C49H34N4/c1-49(2)44-22-15-32(30-50)24-43(44)42-21-20-37(28-45(42)49)39-25-40(38-14-9-23-51-31-38)27-41(26-39)47-29-46(52-48(53-47)36-12-7-4-8-13-36)35-18-16-34(17-19-35)33-10-5-3-6-11-33/h3-29,31H,1-2H3. The molecule has 0 amide bonds. The van der Waals surface area contributed by atoms with Crippen LogP contribution in [-0.2, 0) is 5.41 Å². The summed E-state index contributed by atoms with van der Waals surface area (Å²) in [4.78, 5) is 14.8. The van der Waals surface area contributed by atoms with Crippen molar-refractivity contribution in [3.8, 4) is 84.5 Å². The van der Waals surface area contributed by atoms with Crippen molar-refractivity contribution in [2.75, 3.05) is 0 Å². The quantitative estimate of drug-likeness (QED) is 0.176. The number of hydrogen-bond donors (Lipinski definition) is 0. The van der Waals surface area contributed by atoms with Crippen LogP contribution in [0.5, 0.6) is 0 Å². The molecule has 0 aliphatic heterocycles. The van der Waals surface area contributed by atoms with Crippen LogP contribution in [-0.4, -0.2) is 15.0 Å². The van der Waals surface area contributed by atoms with Gasteiger partial charge in [-0.3, -0.25) is 4.98 Å². The second-order valence-electron chi connectivity index (χ2n) is 14.1. The lowest BCUT2D eigenvalue weighted by atomic mass is 9.81. The fraction of sp³-hybridized carbons (Fsp3) is 0.0612. The van der Waals surface area contributed by atoms with Crippen LogP contribution in [0.25, 0.3) is 78.4 Å². The normalized spacial score (nSPS) is 12.5. The zero-order valence-corrected chi connectivity index (χ0v) is 29.5. The molecule has 250 valence electrons. The second kappa shape index (κ2) is 13.0. The molecule has 9 rings (SSSR count).